The highest BCUT2D eigenvalue weighted by Crippen LogP contribution is 2.41. The fourth-order valence-corrected chi connectivity index (χ4v) is 3.69. The summed E-state index contributed by atoms with van der Waals surface area (Å²) < 4.78 is 12.2. The van der Waals surface area contributed by atoms with Crippen LogP contribution in [0.15, 0.2) is 30.3 Å². The summed E-state index contributed by atoms with van der Waals surface area (Å²) in [5.41, 5.74) is 1.28. The van der Waals surface area contributed by atoms with Crippen LogP contribution in [-0.4, -0.2) is 46.7 Å². The number of likely N-dealkylation sites (tertiary alicyclic amines) is 1. The third kappa shape index (κ3) is 2.86. The fraction of sp³-hybridized carbons (Fsp3) is 0.647. The van der Waals surface area contributed by atoms with Gasteiger partial charge in [0.1, 0.15) is 12.2 Å². The lowest BCUT2D eigenvalue weighted by Gasteiger charge is -2.32. The van der Waals surface area contributed by atoms with Crippen molar-refractivity contribution < 1.29 is 14.6 Å². The van der Waals surface area contributed by atoms with Crippen LogP contribution in [0.25, 0.3) is 0 Å². The fourth-order valence-electron chi connectivity index (χ4n) is 3.69. The topological polar surface area (TPSA) is 41.9 Å². The molecule has 0 spiro atoms. The predicted octanol–water partition coefficient (Wildman–Crippen LogP) is 2.16. The molecule has 2 heterocycles. The molecular formula is C17H25NO3. The van der Waals surface area contributed by atoms with Crippen molar-refractivity contribution in [2.75, 3.05) is 6.61 Å². The first kappa shape index (κ1) is 15.0. The zero-order valence-corrected chi connectivity index (χ0v) is 13.0. The summed E-state index contributed by atoms with van der Waals surface area (Å²) in [5, 5.41) is 9.42. The molecule has 21 heavy (non-hydrogen) atoms. The Morgan fingerprint density at radius 3 is 2.48 bits per heavy atom. The van der Waals surface area contributed by atoms with E-state index in [0.29, 0.717) is 0 Å². The van der Waals surface area contributed by atoms with Crippen LogP contribution in [0, 0.1) is 0 Å². The zero-order chi connectivity index (χ0) is 15.0. The molecule has 2 saturated heterocycles. The van der Waals surface area contributed by atoms with Crippen molar-refractivity contribution in [3.8, 4) is 0 Å². The Labute approximate surface area is 126 Å². The van der Waals surface area contributed by atoms with Gasteiger partial charge in [-0.25, -0.2) is 0 Å². The number of hydrogen-bond donors (Lipinski definition) is 1. The van der Waals surface area contributed by atoms with Crippen LogP contribution in [0.5, 0.6) is 0 Å². The van der Waals surface area contributed by atoms with E-state index in [1.165, 1.54) is 5.56 Å². The Balaban J connectivity index is 1.80. The van der Waals surface area contributed by atoms with E-state index in [0.717, 1.165) is 13.0 Å². The molecule has 4 nitrogen and oxygen atoms in total. The second kappa shape index (κ2) is 5.69. The van der Waals surface area contributed by atoms with Crippen molar-refractivity contribution in [3.05, 3.63) is 35.9 Å². The Morgan fingerprint density at radius 1 is 1.14 bits per heavy atom. The maximum absolute atomic E-state index is 9.42. The molecule has 0 unspecified atom stereocenters. The molecule has 0 aliphatic carbocycles. The highest BCUT2D eigenvalue weighted by Gasteiger charge is 2.55. The predicted molar refractivity (Wildman–Crippen MR) is 80.8 cm³/mol. The van der Waals surface area contributed by atoms with E-state index in [-0.39, 0.29) is 30.9 Å². The lowest BCUT2D eigenvalue weighted by Crippen LogP contribution is -2.41. The van der Waals surface area contributed by atoms with Gasteiger partial charge < -0.3 is 14.6 Å². The van der Waals surface area contributed by atoms with E-state index in [4.69, 9.17) is 9.47 Å². The Bertz CT molecular complexity index is 476. The van der Waals surface area contributed by atoms with E-state index < -0.39 is 5.79 Å². The number of ether oxygens (including phenoxy) is 2. The Kier molecular flexibility index (Phi) is 4.06. The molecule has 3 rings (SSSR count). The van der Waals surface area contributed by atoms with Gasteiger partial charge in [-0.1, -0.05) is 30.3 Å². The van der Waals surface area contributed by atoms with Crippen LogP contribution < -0.4 is 0 Å². The monoisotopic (exact) mass is 291 g/mol. The first-order valence-electron chi connectivity index (χ1n) is 7.78. The van der Waals surface area contributed by atoms with Gasteiger partial charge in [-0.05, 0) is 32.8 Å². The summed E-state index contributed by atoms with van der Waals surface area (Å²) >= 11 is 0. The lowest BCUT2D eigenvalue weighted by atomic mass is 10.1. The smallest absolute Gasteiger partial charge is 0.163 e. The van der Waals surface area contributed by atoms with Gasteiger partial charge in [0.05, 0.1) is 0 Å². The maximum atomic E-state index is 9.42. The minimum atomic E-state index is -0.518. The third-order valence-electron chi connectivity index (χ3n) is 4.60. The van der Waals surface area contributed by atoms with Crippen molar-refractivity contribution in [1.29, 1.82) is 0 Å². The molecule has 116 valence electrons. The van der Waals surface area contributed by atoms with Crippen LogP contribution in [-0.2, 0) is 16.0 Å². The number of benzene rings is 1. The quantitative estimate of drug-likeness (QED) is 0.923. The third-order valence-corrected chi connectivity index (χ3v) is 4.60. The van der Waals surface area contributed by atoms with E-state index in [1.807, 2.05) is 19.9 Å². The SMILES string of the molecule is C[C@H]1[C@H]2OC(C)(C)O[C@H]2[C@@H](CCO)N1Cc1ccccc1. The Morgan fingerprint density at radius 2 is 1.81 bits per heavy atom. The van der Waals surface area contributed by atoms with Crippen LogP contribution in [0.1, 0.15) is 32.8 Å². The molecule has 1 N–H and O–H groups in total. The number of aliphatic hydroxyl groups is 1. The molecule has 1 aromatic rings. The summed E-state index contributed by atoms with van der Waals surface area (Å²) in [7, 11) is 0. The molecule has 0 aromatic heterocycles. The molecule has 4 atom stereocenters. The molecule has 0 bridgehead atoms. The largest absolute Gasteiger partial charge is 0.396 e. The molecular weight excluding hydrogens is 266 g/mol. The van der Waals surface area contributed by atoms with Gasteiger partial charge in [-0.15, -0.1) is 0 Å². The highest BCUT2D eigenvalue weighted by molar-refractivity contribution is 5.16. The van der Waals surface area contributed by atoms with E-state index >= 15 is 0 Å². The van der Waals surface area contributed by atoms with Gasteiger partial charge in [0.25, 0.3) is 0 Å². The number of fused-ring (bicyclic) bond motifs is 1. The number of rotatable bonds is 4. The minimum Gasteiger partial charge on any atom is -0.396 e. The zero-order valence-electron chi connectivity index (χ0n) is 13.0. The molecule has 4 heteroatoms. The molecule has 2 aliphatic rings. The standard InChI is InChI=1S/C17H25NO3/c1-12-15-16(21-17(2,3)20-15)14(9-10-19)18(12)11-13-7-5-4-6-8-13/h4-8,12,14-16,19H,9-11H2,1-3H3/t12-,14+,15+,16-/m0/s1. The van der Waals surface area contributed by atoms with Crippen molar-refractivity contribution >= 4 is 0 Å². The average Bonchev–Trinajstić information content (AvgIpc) is 2.88. The maximum Gasteiger partial charge on any atom is 0.163 e. The molecule has 0 radical (unpaired) electrons. The summed E-state index contributed by atoms with van der Waals surface area (Å²) in [6, 6.07) is 10.9. The summed E-state index contributed by atoms with van der Waals surface area (Å²) in [6.45, 7) is 7.18. The number of aliphatic hydroxyl groups excluding tert-OH is 1. The van der Waals surface area contributed by atoms with Crippen molar-refractivity contribution in [2.45, 2.75) is 63.8 Å². The minimum absolute atomic E-state index is 0.0471. The second-order valence-electron chi connectivity index (χ2n) is 6.54. The van der Waals surface area contributed by atoms with E-state index in [9.17, 15) is 5.11 Å². The van der Waals surface area contributed by atoms with Gasteiger partial charge in [0.2, 0.25) is 0 Å². The summed E-state index contributed by atoms with van der Waals surface area (Å²) in [5.74, 6) is -0.518. The lowest BCUT2D eigenvalue weighted by molar-refractivity contribution is -0.168. The van der Waals surface area contributed by atoms with Crippen molar-refractivity contribution in [3.63, 3.8) is 0 Å². The van der Waals surface area contributed by atoms with Crippen LogP contribution in [0.3, 0.4) is 0 Å². The van der Waals surface area contributed by atoms with Crippen LogP contribution >= 0.6 is 0 Å². The first-order chi connectivity index (χ1) is 10.0. The molecule has 2 aliphatic heterocycles. The first-order valence-corrected chi connectivity index (χ1v) is 7.78. The molecule has 2 fully saturated rings. The van der Waals surface area contributed by atoms with E-state index in [2.05, 4.69) is 36.1 Å². The van der Waals surface area contributed by atoms with Gasteiger partial charge in [0, 0.05) is 25.2 Å². The molecule has 1 aromatic carbocycles. The van der Waals surface area contributed by atoms with Gasteiger partial charge in [0.15, 0.2) is 5.79 Å². The second-order valence-corrected chi connectivity index (χ2v) is 6.54. The van der Waals surface area contributed by atoms with Crippen molar-refractivity contribution in [2.24, 2.45) is 0 Å². The van der Waals surface area contributed by atoms with Gasteiger partial charge in [-0.3, -0.25) is 4.90 Å². The molecule has 0 saturated carbocycles. The highest BCUT2D eigenvalue weighted by atomic mass is 16.8. The number of nitrogens with zero attached hydrogens (tertiary/aromatic N) is 1. The van der Waals surface area contributed by atoms with Gasteiger partial charge in [-0.2, -0.15) is 0 Å². The van der Waals surface area contributed by atoms with E-state index in [1.54, 1.807) is 0 Å². The van der Waals surface area contributed by atoms with Crippen LogP contribution in [0.2, 0.25) is 0 Å². The van der Waals surface area contributed by atoms with Gasteiger partial charge >= 0.3 is 0 Å². The number of hydrogen-bond acceptors (Lipinski definition) is 4. The average molecular weight is 291 g/mol. The summed E-state index contributed by atoms with van der Waals surface area (Å²) in [4.78, 5) is 2.41. The van der Waals surface area contributed by atoms with Crippen LogP contribution in [0.4, 0.5) is 0 Å². The van der Waals surface area contributed by atoms with Crippen molar-refractivity contribution in [1.82, 2.24) is 4.90 Å². The molecule has 0 amide bonds. The summed E-state index contributed by atoms with van der Waals surface area (Å²) in [6.07, 6.45) is 0.851. The normalized spacial score (nSPS) is 35.0. The Hall–Kier alpha value is -0.940.